The molecule has 2 atom stereocenters. The number of pyridine rings is 2. The van der Waals surface area contributed by atoms with Gasteiger partial charge in [-0.1, -0.05) is 6.07 Å². The van der Waals surface area contributed by atoms with E-state index in [2.05, 4.69) is 65.7 Å². The van der Waals surface area contributed by atoms with Crippen molar-refractivity contribution in [1.82, 2.24) is 44.8 Å². The third-order valence-corrected chi connectivity index (χ3v) is 8.55. The van der Waals surface area contributed by atoms with Crippen LogP contribution in [0, 0.1) is 13.8 Å². The SMILES string of the molecule is Cc1cc(Nc2cc(C)[nH]n2)nc(-c2ccc(N3CC4CC(C3)N4Cc3ccc(-n4nccc4C4CC4)nc3)nc2)n1. The highest BCUT2D eigenvalue weighted by atomic mass is 15.4. The molecule has 0 amide bonds. The fourth-order valence-corrected chi connectivity index (χ4v) is 6.25. The first-order valence-corrected chi connectivity index (χ1v) is 14.7. The molecule has 11 heteroatoms. The third kappa shape index (κ3) is 4.79. The molecule has 42 heavy (non-hydrogen) atoms. The van der Waals surface area contributed by atoms with Crippen LogP contribution in [0.4, 0.5) is 17.5 Å². The zero-order valence-electron chi connectivity index (χ0n) is 23.8. The van der Waals surface area contributed by atoms with E-state index in [0.29, 0.717) is 29.6 Å². The molecule has 4 fully saturated rings. The summed E-state index contributed by atoms with van der Waals surface area (Å²) in [5.74, 6) is 4.64. The second-order valence-corrected chi connectivity index (χ2v) is 11.8. The molecule has 3 aliphatic heterocycles. The zero-order chi connectivity index (χ0) is 28.2. The summed E-state index contributed by atoms with van der Waals surface area (Å²) in [5.41, 5.74) is 5.29. The molecule has 5 aromatic rings. The van der Waals surface area contributed by atoms with Crippen molar-refractivity contribution in [2.75, 3.05) is 23.3 Å². The van der Waals surface area contributed by atoms with Crippen molar-refractivity contribution < 1.29 is 0 Å². The van der Waals surface area contributed by atoms with E-state index in [4.69, 9.17) is 15.0 Å². The maximum Gasteiger partial charge on any atom is 0.163 e. The molecule has 0 radical (unpaired) electrons. The van der Waals surface area contributed by atoms with Gasteiger partial charge in [-0.3, -0.25) is 10.00 Å². The number of hydrogen-bond acceptors (Lipinski definition) is 9. The second-order valence-electron chi connectivity index (χ2n) is 11.8. The molecular formula is C31H33N11. The van der Waals surface area contributed by atoms with Gasteiger partial charge in [0.15, 0.2) is 17.5 Å². The average Bonchev–Trinajstić information content (AvgIpc) is 3.59. The lowest BCUT2D eigenvalue weighted by Crippen LogP contribution is -2.68. The van der Waals surface area contributed by atoms with Gasteiger partial charge in [-0.15, -0.1) is 0 Å². The monoisotopic (exact) mass is 559 g/mol. The Morgan fingerprint density at radius 2 is 1.74 bits per heavy atom. The molecule has 2 unspecified atom stereocenters. The van der Waals surface area contributed by atoms with Crippen LogP contribution in [0.1, 0.15) is 47.8 Å². The quantitative estimate of drug-likeness (QED) is 0.283. The van der Waals surface area contributed by atoms with Crippen LogP contribution in [0.2, 0.25) is 0 Å². The predicted octanol–water partition coefficient (Wildman–Crippen LogP) is 4.54. The highest BCUT2D eigenvalue weighted by Gasteiger charge is 2.44. The van der Waals surface area contributed by atoms with Crippen molar-refractivity contribution in [1.29, 1.82) is 0 Å². The van der Waals surface area contributed by atoms with Crippen LogP contribution in [0.15, 0.2) is 61.1 Å². The minimum Gasteiger partial charge on any atom is -0.353 e. The number of nitrogens with one attached hydrogen (secondary N) is 2. The largest absolute Gasteiger partial charge is 0.353 e. The Labute approximate surface area is 244 Å². The Bertz CT molecular complexity index is 1710. The summed E-state index contributed by atoms with van der Waals surface area (Å²) >= 11 is 0. The Kier molecular flexibility index (Phi) is 5.99. The molecule has 0 spiro atoms. The van der Waals surface area contributed by atoms with Crippen LogP contribution >= 0.6 is 0 Å². The maximum atomic E-state index is 4.82. The Morgan fingerprint density at radius 3 is 2.45 bits per heavy atom. The average molecular weight is 560 g/mol. The summed E-state index contributed by atoms with van der Waals surface area (Å²) in [4.78, 5) is 24.0. The van der Waals surface area contributed by atoms with Gasteiger partial charge < -0.3 is 10.2 Å². The van der Waals surface area contributed by atoms with Crippen LogP contribution < -0.4 is 10.2 Å². The number of piperazine rings is 1. The van der Waals surface area contributed by atoms with Gasteiger partial charge in [0.2, 0.25) is 0 Å². The second kappa shape index (κ2) is 10.0. The van der Waals surface area contributed by atoms with Gasteiger partial charge in [0.1, 0.15) is 11.6 Å². The van der Waals surface area contributed by atoms with E-state index in [1.165, 1.54) is 30.5 Å². The van der Waals surface area contributed by atoms with E-state index in [-0.39, 0.29) is 0 Å². The Morgan fingerprint density at radius 1 is 0.905 bits per heavy atom. The molecule has 1 saturated carbocycles. The van der Waals surface area contributed by atoms with E-state index in [1.54, 1.807) is 0 Å². The van der Waals surface area contributed by atoms with Crippen molar-refractivity contribution >= 4 is 17.5 Å². The van der Waals surface area contributed by atoms with Crippen molar-refractivity contribution in [3.63, 3.8) is 0 Å². The first kappa shape index (κ1) is 25.1. The number of H-pyrrole nitrogens is 1. The smallest absolute Gasteiger partial charge is 0.163 e. The van der Waals surface area contributed by atoms with E-state index in [1.807, 2.05) is 49.3 Å². The molecule has 212 valence electrons. The Balaban J connectivity index is 0.907. The van der Waals surface area contributed by atoms with E-state index in [0.717, 1.165) is 54.0 Å². The van der Waals surface area contributed by atoms with E-state index >= 15 is 0 Å². The maximum absolute atomic E-state index is 4.82. The number of hydrogen-bond donors (Lipinski definition) is 2. The van der Waals surface area contributed by atoms with E-state index < -0.39 is 0 Å². The van der Waals surface area contributed by atoms with Crippen LogP contribution in [-0.4, -0.2) is 70.0 Å². The van der Waals surface area contributed by atoms with Crippen molar-refractivity contribution in [3.8, 4) is 17.2 Å². The molecule has 4 aliphatic rings. The standard InChI is InChI=1S/C31H33N11/c1-19-11-27(36-28-12-20(2)38-39-28)37-31(35-19)23-6-8-29(33-15-23)40-17-24-13-25(18-40)41(24)16-21-3-7-30(32-14-21)42-26(9-10-34-42)22-4-5-22/h3,6-12,14-15,22,24-25H,4-5,13,16-18H2,1-2H3,(H2,35,36,37,38,39). The van der Waals surface area contributed by atoms with Gasteiger partial charge >= 0.3 is 0 Å². The molecule has 0 aromatic carbocycles. The van der Waals surface area contributed by atoms with Gasteiger partial charge in [-0.25, -0.2) is 24.6 Å². The highest BCUT2D eigenvalue weighted by molar-refractivity contribution is 5.61. The highest BCUT2D eigenvalue weighted by Crippen LogP contribution is 2.40. The van der Waals surface area contributed by atoms with Crippen LogP contribution in [0.3, 0.4) is 0 Å². The molecule has 8 heterocycles. The molecule has 3 saturated heterocycles. The summed E-state index contributed by atoms with van der Waals surface area (Å²) in [6.07, 6.45) is 9.53. The first-order valence-electron chi connectivity index (χ1n) is 14.7. The molecule has 2 N–H and O–H groups in total. The normalized spacial score (nSPS) is 20.0. The minimum atomic E-state index is 0.525. The van der Waals surface area contributed by atoms with Crippen molar-refractivity contribution in [2.45, 2.75) is 57.7 Å². The number of anilines is 3. The molecule has 11 nitrogen and oxygen atoms in total. The van der Waals surface area contributed by atoms with Gasteiger partial charge in [-0.2, -0.15) is 10.2 Å². The molecule has 1 aliphatic carbocycles. The molecule has 9 rings (SSSR count). The molecule has 5 aromatic heterocycles. The summed E-state index contributed by atoms with van der Waals surface area (Å²) in [5, 5.41) is 15.0. The lowest BCUT2D eigenvalue weighted by Gasteiger charge is -2.56. The number of fused-ring (bicyclic) bond motifs is 2. The minimum absolute atomic E-state index is 0.525. The molecule has 2 bridgehead atoms. The summed E-state index contributed by atoms with van der Waals surface area (Å²) in [7, 11) is 0. The fraction of sp³-hybridized carbons (Fsp3) is 0.355. The summed E-state index contributed by atoms with van der Waals surface area (Å²) < 4.78 is 2.00. The summed E-state index contributed by atoms with van der Waals surface area (Å²) in [6, 6.07) is 15.5. The summed E-state index contributed by atoms with van der Waals surface area (Å²) in [6.45, 7) is 6.81. The lowest BCUT2D eigenvalue weighted by atomic mass is 9.87. The van der Waals surface area contributed by atoms with Gasteiger partial charge in [0.25, 0.3) is 0 Å². The number of aromatic amines is 1. The number of aromatic nitrogens is 8. The first-order chi connectivity index (χ1) is 20.6. The van der Waals surface area contributed by atoms with Gasteiger partial charge in [0, 0.05) is 91.0 Å². The van der Waals surface area contributed by atoms with E-state index in [9.17, 15) is 0 Å². The third-order valence-electron chi connectivity index (χ3n) is 8.55. The van der Waals surface area contributed by atoms with Crippen LogP contribution in [0.5, 0.6) is 0 Å². The van der Waals surface area contributed by atoms with Crippen LogP contribution in [-0.2, 0) is 6.54 Å². The zero-order valence-corrected chi connectivity index (χ0v) is 23.8. The predicted molar refractivity (Wildman–Crippen MR) is 160 cm³/mol. The lowest BCUT2D eigenvalue weighted by molar-refractivity contribution is -0.00875. The van der Waals surface area contributed by atoms with Crippen LogP contribution in [0.25, 0.3) is 17.2 Å². The van der Waals surface area contributed by atoms with Gasteiger partial charge in [-0.05, 0) is 62.9 Å². The van der Waals surface area contributed by atoms with Crippen molar-refractivity contribution in [2.24, 2.45) is 0 Å². The number of piperidine rings is 1. The number of aryl methyl sites for hydroxylation is 2. The molecular weight excluding hydrogens is 526 g/mol. The fourth-order valence-electron chi connectivity index (χ4n) is 6.25. The number of nitrogens with zero attached hydrogens (tertiary/aromatic N) is 9. The van der Waals surface area contributed by atoms with Crippen molar-refractivity contribution in [3.05, 3.63) is 83.7 Å². The topological polar surface area (TPSA) is 117 Å². The number of rotatable bonds is 8. The van der Waals surface area contributed by atoms with Gasteiger partial charge in [0.05, 0.1) is 0 Å². The Hall–Kier alpha value is -4.64.